The smallest absolute Gasteiger partial charge is 0.410 e. The van der Waals surface area contributed by atoms with E-state index in [4.69, 9.17) is 14.2 Å². The third kappa shape index (κ3) is 7.86. The molecule has 28 heavy (non-hydrogen) atoms. The van der Waals surface area contributed by atoms with Crippen molar-refractivity contribution in [2.45, 2.75) is 58.5 Å². The Balaban J connectivity index is 1.64. The van der Waals surface area contributed by atoms with Crippen molar-refractivity contribution in [1.82, 2.24) is 10.2 Å². The van der Waals surface area contributed by atoms with E-state index in [0.717, 1.165) is 11.1 Å². The molecule has 1 aliphatic heterocycles. The molecular weight excluding hydrogens is 360 g/mol. The van der Waals surface area contributed by atoms with Crippen molar-refractivity contribution in [1.29, 1.82) is 0 Å². The first-order chi connectivity index (χ1) is 13.3. The van der Waals surface area contributed by atoms with Gasteiger partial charge >= 0.3 is 6.09 Å². The Labute approximate surface area is 167 Å². The predicted molar refractivity (Wildman–Crippen MR) is 106 cm³/mol. The Kier molecular flexibility index (Phi) is 8.26. The standard InChI is InChI=1S/C21H32N2O5/c1-21(2,3)28-20(25)23-11-9-18(10-12-23)27-15-19(24)22-13-16-5-7-17(8-6-16)14-26-4/h5-8,18H,9-15H2,1-4H3,(H,22,24). The summed E-state index contributed by atoms with van der Waals surface area (Å²) in [6.07, 6.45) is 1.10. The maximum absolute atomic E-state index is 12.1. The lowest BCUT2D eigenvalue weighted by atomic mass is 10.1. The second-order valence-electron chi connectivity index (χ2n) is 8.00. The number of rotatable bonds is 7. The zero-order valence-corrected chi connectivity index (χ0v) is 17.3. The van der Waals surface area contributed by atoms with Crippen LogP contribution in [-0.4, -0.2) is 55.4 Å². The van der Waals surface area contributed by atoms with Crippen molar-refractivity contribution in [2.75, 3.05) is 26.8 Å². The third-order valence-electron chi connectivity index (χ3n) is 4.37. The maximum atomic E-state index is 12.1. The molecule has 1 aromatic rings. The minimum absolute atomic E-state index is 0.0160. The predicted octanol–water partition coefficient (Wildman–Crippen LogP) is 2.87. The molecule has 2 rings (SSSR count). The van der Waals surface area contributed by atoms with Gasteiger partial charge in [0.2, 0.25) is 5.91 Å². The highest BCUT2D eigenvalue weighted by molar-refractivity contribution is 5.77. The van der Waals surface area contributed by atoms with Crippen LogP contribution in [0.1, 0.15) is 44.7 Å². The Hall–Kier alpha value is -2.12. The van der Waals surface area contributed by atoms with Gasteiger partial charge in [-0.05, 0) is 44.7 Å². The quantitative estimate of drug-likeness (QED) is 0.772. The van der Waals surface area contributed by atoms with Crippen molar-refractivity contribution in [2.24, 2.45) is 0 Å². The Morgan fingerprint density at radius 3 is 2.29 bits per heavy atom. The molecule has 0 atom stereocenters. The summed E-state index contributed by atoms with van der Waals surface area (Å²) in [6.45, 7) is 7.79. The molecule has 0 aromatic heterocycles. The highest BCUT2D eigenvalue weighted by atomic mass is 16.6. The van der Waals surface area contributed by atoms with Gasteiger partial charge < -0.3 is 24.4 Å². The summed E-state index contributed by atoms with van der Waals surface area (Å²) in [5, 5.41) is 2.86. The molecule has 156 valence electrons. The zero-order chi connectivity index (χ0) is 20.6. The van der Waals surface area contributed by atoms with Crippen molar-refractivity contribution in [3.8, 4) is 0 Å². The molecule has 2 amide bonds. The van der Waals surface area contributed by atoms with Gasteiger partial charge in [-0.25, -0.2) is 4.79 Å². The van der Waals surface area contributed by atoms with E-state index in [1.807, 2.05) is 45.0 Å². The van der Waals surface area contributed by atoms with Crippen molar-refractivity contribution >= 4 is 12.0 Å². The maximum Gasteiger partial charge on any atom is 0.410 e. The first-order valence-electron chi connectivity index (χ1n) is 9.70. The summed E-state index contributed by atoms with van der Waals surface area (Å²) < 4.78 is 16.2. The van der Waals surface area contributed by atoms with E-state index in [-0.39, 0.29) is 24.7 Å². The Morgan fingerprint density at radius 1 is 1.11 bits per heavy atom. The van der Waals surface area contributed by atoms with Gasteiger partial charge in [0.1, 0.15) is 12.2 Å². The molecule has 0 radical (unpaired) electrons. The van der Waals surface area contributed by atoms with Crippen LogP contribution in [-0.2, 0) is 32.2 Å². The number of amides is 2. The summed E-state index contributed by atoms with van der Waals surface area (Å²) >= 11 is 0. The molecule has 0 aliphatic carbocycles. The van der Waals surface area contributed by atoms with Crippen LogP contribution in [0.3, 0.4) is 0 Å². The van der Waals surface area contributed by atoms with E-state index in [9.17, 15) is 9.59 Å². The summed E-state index contributed by atoms with van der Waals surface area (Å²) in [5.41, 5.74) is 1.63. The molecule has 1 aromatic carbocycles. The molecule has 0 saturated carbocycles. The number of hydrogen-bond acceptors (Lipinski definition) is 5. The van der Waals surface area contributed by atoms with Gasteiger partial charge in [-0.3, -0.25) is 4.79 Å². The van der Waals surface area contributed by atoms with Gasteiger partial charge in [0.15, 0.2) is 0 Å². The van der Waals surface area contributed by atoms with Crippen molar-refractivity contribution in [3.63, 3.8) is 0 Å². The van der Waals surface area contributed by atoms with Crippen LogP contribution in [0.2, 0.25) is 0 Å². The van der Waals surface area contributed by atoms with Gasteiger partial charge in [-0.1, -0.05) is 24.3 Å². The number of likely N-dealkylation sites (tertiary alicyclic amines) is 1. The SMILES string of the molecule is COCc1ccc(CNC(=O)COC2CCN(C(=O)OC(C)(C)C)CC2)cc1. The fourth-order valence-electron chi connectivity index (χ4n) is 2.90. The molecule has 1 heterocycles. The topological polar surface area (TPSA) is 77.1 Å². The van der Waals surface area contributed by atoms with E-state index >= 15 is 0 Å². The number of nitrogens with one attached hydrogen (secondary N) is 1. The summed E-state index contributed by atoms with van der Waals surface area (Å²) in [4.78, 5) is 25.8. The lowest BCUT2D eigenvalue weighted by molar-refractivity contribution is -0.128. The molecular formula is C21H32N2O5. The Bertz CT molecular complexity index is 631. The number of hydrogen-bond donors (Lipinski definition) is 1. The Morgan fingerprint density at radius 2 is 1.71 bits per heavy atom. The van der Waals surface area contributed by atoms with Gasteiger partial charge in [-0.15, -0.1) is 0 Å². The first-order valence-corrected chi connectivity index (χ1v) is 9.70. The minimum Gasteiger partial charge on any atom is -0.444 e. The fraction of sp³-hybridized carbons (Fsp3) is 0.619. The molecule has 1 fully saturated rings. The average molecular weight is 392 g/mol. The monoisotopic (exact) mass is 392 g/mol. The number of carbonyl (C=O) groups excluding carboxylic acids is 2. The number of methoxy groups -OCH3 is 1. The van der Waals surface area contributed by atoms with E-state index in [0.29, 0.717) is 39.1 Å². The number of ether oxygens (including phenoxy) is 3. The van der Waals surface area contributed by atoms with Gasteiger partial charge in [0.05, 0.1) is 12.7 Å². The molecule has 7 heteroatoms. The van der Waals surface area contributed by atoms with Crippen LogP contribution < -0.4 is 5.32 Å². The van der Waals surface area contributed by atoms with Crippen LogP contribution in [0, 0.1) is 0 Å². The first kappa shape index (κ1) is 22.2. The van der Waals surface area contributed by atoms with Crippen LogP contribution in [0.15, 0.2) is 24.3 Å². The largest absolute Gasteiger partial charge is 0.444 e. The molecule has 0 bridgehead atoms. The molecule has 1 N–H and O–H groups in total. The van der Waals surface area contributed by atoms with Crippen molar-refractivity contribution < 1.29 is 23.8 Å². The third-order valence-corrected chi connectivity index (χ3v) is 4.37. The highest BCUT2D eigenvalue weighted by Gasteiger charge is 2.27. The van der Waals surface area contributed by atoms with E-state index < -0.39 is 5.60 Å². The van der Waals surface area contributed by atoms with E-state index in [1.54, 1.807) is 12.0 Å². The van der Waals surface area contributed by atoms with Gasteiger partial charge in [-0.2, -0.15) is 0 Å². The fourth-order valence-corrected chi connectivity index (χ4v) is 2.90. The lowest BCUT2D eigenvalue weighted by Crippen LogP contribution is -2.44. The van der Waals surface area contributed by atoms with Crippen LogP contribution >= 0.6 is 0 Å². The van der Waals surface area contributed by atoms with E-state index in [1.165, 1.54) is 0 Å². The molecule has 0 unspecified atom stereocenters. The molecule has 1 saturated heterocycles. The zero-order valence-electron chi connectivity index (χ0n) is 17.3. The van der Waals surface area contributed by atoms with Crippen LogP contribution in [0.5, 0.6) is 0 Å². The number of carbonyl (C=O) groups is 2. The average Bonchev–Trinajstić information content (AvgIpc) is 2.65. The second-order valence-corrected chi connectivity index (χ2v) is 8.00. The molecule has 1 aliphatic rings. The van der Waals surface area contributed by atoms with Crippen LogP contribution in [0.4, 0.5) is 4.79 Å². The lowest BCUT2D eigenvalue weighted by Gasteiger charge is -2.33. The summed E-state index contributed by atoms with van der Waals surface area (Å²) in [5.74, 6) is -0.143. The summed E-state index contributed by atoms with van der Waals surface area (Å²) in [6, 6.07) is 7.92. The van der Waals surface area contributed by atoms with E-state index in [2.05, 4.69) is 5.32 Å². The minimum atomic E-state index is -0.493. The summed E-state index contributed by atoms with van der Waals surface area (Å²) in [7, 11) is 1.66. The number of nitrogens with zero attached hydrogens (tertiary/aromatic N) is 1. The number of benzene rings is 1. The molecule has 0 spiro atoms. The normalized spacial score (nSPS) is 15.4. The van der Waals surface area contributed by atoms with Gasteiger partial charge in [0, 0.05) is 26.7 Å². The molecule has 7 nitrogen and oxygen atoms in total. The second kappa shape index (κ2) is 10.4. The highest BCUT2D eigenvalue weighted by Crippen LogP contribution is 2.17. The number of piperidine rings is 1. The van der Waals surface area contributed by atoms with Crippen molar-refractivity contribution in [3.05, 3.63) is 35.4 Å². The van der Waals surface area contributed by atoms with Gasteiger partial charge in [0.25, 0.3) is 0 Å². The van der Waals surface area contributed by atoms with Crippen LogP contribution in [0.25, 0.3) is 0 Å².